The molecule has 3 unspecified atom stereocenters. The van der Waals surface area contributed by atoms with Crippen LogP contribution in [0, 0.1) is 11.1 Å². The minimum absolute atomic E-state index is 0.0436. The van der Waals surface area contributed by atoms with Gasteiger partial charge in [-0.2, -0.15) is 0 Å². The topological polar surface area (TPSA) is 72.3 Å². The van der Waals surface area contributed by atoms with E-state index in [4.69, 9.17) is 13.8 Å². The lowest BCUT2D eigenvalue weighted by atomic mass is 9.89. The van der Waals surface area contributed by atoms with Crippen molar-refractivity contribution in [1.29, 1.82) is 0 Å². The van der Waals surface area contributed by atoms with Gasteiger partial charge in [0.2, 0.25) is 0 Å². The molecule has 0 amide bonds. The number of ether oxygens (including phenoxy) is 1. The minimum Gasteiger partial charge on any atom is -0.633 e. The monoisotopic (exact) mass is 385 g/mol. The Morgan fingerprint density at radius 3 is 2.27 bits per heavy atom. The van der Waals surface area contributed by atoms with Crippen LogP contribution in [0.5, 0.6) is 0 Å². The van der Waals surface area contributed by atoms with E-state index in [9.17, 15) is 9.77 Å². The molecular formula is C19H32NO5P. The number of benzene rings is 1. The molecule has 0 aliphatic carbocycles. The van der Waals surface area contributed by atoms with Crippen molar-refractivity contribution in [2.45, 2.75) is 58.5 Å². The van der Waals surface area contributed by atoms with E-state index in [0.29, 0.717) is 19.6 Å². The molecule has 26 heavy (non-hydrogen) atoms. The molecule has 0 saturated carbocycles. The first kappa shape index (κ1) is 21.5. The molecule has 1 fully saturated rings. The van der Waals surface area contributed by atoms with Crippen molar-refractivity contribution >= 4 is 7.60 Å². The molecule has 1 N–H and O–H groups in total. The third-order valence-electron chi connectivity index (χ3n) is 5.37. The van der Waals surface area contributed by atoms with Gasteiger partial charge in [-0.1, -0.05) is 30.3 Å². The van der Waals surface area contributed by atoms with Gasteiger partial charge in [0.1, 0.15) is 0 Å². The number of hydrogen-bond donors (Lipinski definition) is 1. The van der Waals surface area contributed by atoms with E-state index >= 15 is 0 Å². The van der Waals surface area contributed by atoms with Crippen molar-refractivity contribution in [3.63, 3.8) is 0 Å². The van der Waals surface area contributed by atoms with Crippen molar-refractivity contribution < 1.29 is 23.4 Å². The quantitative estimate of drug-likeness (QED) is 0.521. The standard InChI is InChI=1S/C19H32NO5P/c1-6-24-26(22,25-7-2)19(5)13-17(18(3,4)20(19)21)15-23-14-16-11-9-8-10-12-16/h8-12,17,20H,6-7,13-15H2,1-5H3. The molecular weight excluding hydrogens is 353 g/mol. The van der Waals surface area contributed by atoms with E-state index in [1.54, 1.807) is 20.8 Å². The lowest BCUT2D eigenvalue weighted by Crippen LogP contribution is -3.19. The van der Waals surface area contributed by atoms with Gasteiger partial charge in [-0.05, 0) is 33.3 Å². The van der Waals surface area contributed by atoms with Gasteiger partial charge in [-0.15, -0.1) is 0 Å². The summed E-state index contributed by atoms with van der Waals surface area (Å²) in [4.78, 5) is 0. The first-order valence-corrected chi connectivity index (χ1v) is 10.8. The van der Waals surface area contributed by atoms with E-state index in [1.165, 1.54) is 0 Å². The number of rotatable bonds is 9. The lowest BCUT2D eigenvalue weighted by molar-refractivity contribution is -0.922. The second-order valence-corrected chi connectivity index (χ2v) is 10.1. The molecule has 1 heterocycles. The van der Waals surface area contributed by atoms with Crippen LogP contribution >= 0.6 is 7.60 Å². The van der Waals surface area contributed by atoms with Gasteiger partial charge in [0.15, 0.2) is 5.28 Å². The predicted octanol–water partition coefficient (Wildman–Crippen LogP) is 3.37. The first-order valence-electron chi connectivity index (χ1n) is 9.27. The third kappa shape index (κ3) is 4.06. The molecule has 1 aliphatic rings. The summed E-state index contributed by atoms with van der Waals surface area (Å²) >= 11 is 0. The van der Waals surface area contributed by atoms with Crippen LogP contribution in [0.15, 0.2) is 30.3 Å². The Hall–Kier alpha value is -0.750. The SMILES string of the molecule is CCOP(=O)(OCC)C1(C)CC(COCc2ccccc2)C(C)(C)[NH+]1[O-]. The average Bonchev–Trinajstić information content (AvgIpc) is 2.78. The van der Waals surface area contributed by atoms with Crippen LogP contribution in [0.3, 0.4) is 0 Å². The Morgan fingerprint density at radius 1 is 1.15 bits per heavy atom. The molecule has 0 bridgehead atoms. The van der Waals surface area contributed by atoms with Crippen LogP contribution in [0.2, 0.25) is 0 Å². The lowest BCUT2D eigenvalue weighted by Gasteiger charge is -2.44. The van der Waals surface area contributed by atoms with E-state index in [-0.39, 0.29) is 24.2 Å². The highest BCUT2D eigenvalue weighted by molar-refractivity contribution is 7.55. The normalized spacial score (nSPS) is 28.4. The minimum atomic E-state index is -3.55. The second kappa shape index (κ2) is 8.51. The molecule has 148 valence electrons. The summed E-state index contributed by atoms with van der Waals surface area (Å²) in [6, 6.07) is 9.92. The molecule has 2 rings (SSSR count). The summed E-state index contributed by atoms with van der Waals surface area (Å²) in [5.41, 5.74) is 0.446. The van der Waals surface area contributed by atoms with Gasteiger partial charge in [-0.3, -0.25) is 4.57 Å². The smallest absolute Gasteiger partial charge is 0.390 e. The Morgan fingerprint density at radius 2 is 1.73 bits per heavy atom. The fraction of sp³-hybridized carbons (Fsp3) is 0.684. The fourth-order valence-corrected chi connectivity index (χ4v) is 6.07. The van der Waals surface area contributed by atoms with Gasteiger partial charge in [0.05, 0.1) is 32.0 Å². The Balaban J connectivity index is 2.13. The van der Waals surface area contributed by atoms with E-state index in [0.717, 1.165) is 5.56 Å². The van der Waals surface area contributed by atoms with E-state index in [1.807, 2.05) is 44.2 Å². The fourth-order valence-electron chi connectivity index (χ4n) is 3.77. The maximum atomic E-state index is 13.4. The number of nitrogens with one attached hydrogen (secondary N) is 1. The molecule has 0 radical (unpaired) electrons. The zero-order chi connectivity index (χ0) is 19.4. The largest absolute Gasteiger partial charge is 0.633 e. The van der Waals surface area contributed by atoms with Gasteiger partial charge in [0.25, 0.3) is 0 Å². The van der Waals surface area contributed by atoms with Crippen LogP contribution in [0.1, 0.15) is 46.6 Å². The van der Waals surface area contributed by atoms with E-state index < -0.39 is 18.4 Å². The van der Waals surface area contributed by atoms with Crippen LogP contribution in [-0.4, -0.2) is 30.6 Å². The molecule has 0 aromatic heterocycles. The molecule has 1 aromatic rings. The Bertz CT molecular complexity index is 614. The van der Waals surface area contributed by atoms with Crippen LogP contribution in [-0.2, 0) is 25.0 Å². The van der Waals surface area contributed by atoms with Crippen LogP contribution in [0.25, 0.3) is 0 Å². The summed E-state index contributed by atoms with van der Waals surface area (Å²) < 4.78 is 30.3. The van der Waals surface area contributed by atoms with Crippen molar-refractivity contribution in [2.24, 2.45) is 5.92 Å². The van der Waals surface area contributed by atoms with Crippen molar-refractivity contribution in [2.75, 3.05) is 19.8 Å². The highest BCUT2D eigenvalue weighted by Crippen LogP contribution is 2.61. The maximum Gasteiger partial charge on any atom is 0.390 e. The second-order valence-electron chi connectivity index (χ2n) is 7.56. The van der Waals surface area contributed by atoms with Crippen molar-refractivity contribution in [3.8, 4) is 0 Å². The van der Waals surface area contributed by atoms with Crippen molar-refractivity contribution in [1.82, 2.24) is 0 Å². The zero-order valence-electron chi connectivity index (χ0n) is 16.5. The number of quaternary nitrogens is 1. The van der Waals surface area contributed by atoms with Gasteiger partial charge < -0.3 is 24.1 Å². The third-order valence-corrected chi connectivity index (χ3v) is 8.16. The molecule has 1 aliphatic heterocycles. The van der Waals surface area contributed by atoms with Gasteiger partial charge in [0, 0.05) is 19.3 Å². The summed E-state index contributed by atoms with van der Waals surface area (Å²) in [6.45, 7) is 10.5. The summed E-state index contributed by atoms with van der Waals surface area (Å²) in [5.74, 6) is -0.0436. The first-order chi connectivity index (χ1) is 12.2. The number of hydrogen-bond acceptors (Lipinski definition) is 5. The number of hydroxylamine groups is 2. The average molecular weight is 385 g/mol. The van der Waals surface area contributed by atoms with Crippen LogP contribution in [0.4, 0.5) is 0 Å². The summed E-state index contributed by atoms with van der Waals surface area (Å²) in [7, 11) is -3.55. The zero-order valence-corrected chi connectivity index (χ0v) is 17.4. The molecule has 3 atom stereocenters. The molecule has 0 spiro atoms. The Kier molecular flexibility index (Phi) is 7.05. The summed E-state index contributed by atoms with van der Waals surface area (Å²) in [5, 5.41) is 12.0. The predicted molar refractivity (Wildman–Crippen MR) is 102 cm³/mol. The van der Waals surface area contributed by atoms with Gasteiger partial charge >= 0.3 is 7.60 Å². The van der Waals surface area contributed by atoms with E-state index in [2.05, 4.69) is 0 Å². The molecule has 1 saturated heterocycles. The molecule has 7 heteroatoms. The summed E-state index contributed by atoms with van der Waals surface area (Å²) in [6.07, 6.45) is 0.435. The Labute approximate surface area is 156 Å². The molecule has 6 nitrogen and oxygen atoms in total. The molecule has 1 aromatic carbocycles. The van der Waals surface area contributed by atoms with Crippen molar-refractivity contribution in [3.05, 3.63) is 41.1 Å². The van der Waals surface area contributed by atoms with Crippen LogP contribution < -0.4 is 5.06 Å². The highest BCUT2D eigenvalue weighted by atomic mass is 31.2. The van der Waals surface area contributed by atoms with Gasteiger partial charge in [-0.25, -0.2) is 0 Å². The maximum absolute atomic E-state index is 13.4. The highest BCUT2D eigenvalue weighted by Gasteiger charge is 2.64.